The lowest BCUT2D eigenvalue weighted by Crippen LogP contribution is -2.13. The molecule has 0 fully saturated rings. The number of Topliss-reactive ketones (excluding diaryl/α,β-unsaturated/α-hetero) is 1. The molecule has 1 aromatic rings. The zero-order valence-corrected chi connectivity index (χ0v) is 8.47. The van der Waals surface area contributed by atoms with Gasteiger partial charge >= 0.3 is 0 Å². The first-order valence-corrected chi connectivity index (χ1v) is 4.64. The Kier molecular flexibility index (Phi) is 3.43. The second-order valence-electron chi connectivity index (χ2n) is 2.50. The third-order valence-corrected chi connectivity index (χ3v) is 2.12. The molecule has 0 radical (unpaired) electrons. The average Bonchev–Trinajstić information content (AvgIpc) is 2.23. The summed E-state index contributed by atoms with van der Waals surface area (Å²) in [6.07, 6.45) is 0. The molecule has 0 aliphatic heterocycles. The maximum Gasteiger partial charge on any atom is 0.200 e. The molecule has 0 spiro atoms. The topological polar surface area (TPSA) is 17.1 Å². The van der Waals surface area contributed by atoms with E-state index in [1.165, 1.54) is 0 Å². The van der Waals surface area contributed by atoms with Crippen LogP contribution in [0, 0.1) is 29.1 Å². The van der Waals surface area contributed by atoms with Gasteiger partial charge in [-0.15, -0.1) is 0 Å². The summed E-state index contributed by atoms with van der Waals surface area (Å²) in [5.41, 5.74) is -1.43. The summed E-state index contributed by atoms with van der Waals surface area (Å²) in [4.78, 5) is 10.9. The first kappa shape index (κ1) is 12.1. The molecule has 0 atom stereocenters. The molecule has 1 nitrogen and oxygen atoms in total. The number of hydrogen-bond acceptors (Lipinski definition) is 1. The summed E-state index contributed by atoms with van der Waals surface area (Å²) in [7, 11) is 0. The number of carbonyl (C=O) groups is 1. The highest BCUT2D eigenvalue weighted by molar-refractivity contribution is 9.09. The number of benzene rings is 1. The van der Waals surface area contributed by atoms with Gasteiger partial charge in [-0.05, 0) is 0 Å². The summed E-state index contributed by atoms with van der Waals surface area (Å²) >= 11 is 2.57. The van der Waals surface area contributed by atoms with Gasteiger partial charge in [0.25, 0.3) is 0 Å². The van der Waals surface area contributed by atoms with Crippen LogP contribution in [-0.4, -0.2) is 11.1 Å². The van der Waals surface area contributed by atoms with Crippen molar-refractivity contribution in [2.24, 2.45) is 0 Å². The van der Waals surface area contributed by atoms with E-state index in [0.29, 0.717) is 0 Å². The maximum atomic E-state index is 12.9. The molecule has 0 N–H and O–H groups in total. The molecule has 0 saturated carbocycles. The van der Waals surface area contributed by atoms with Gasteiger partial charge in [0.15, 0.2) is 29.1 Å². The smallest absolute Gasteiger partial charge is 0.200 e. The van der Waals surface area contributed by atoms with Crippen LogP contribution in [0.15, 0.2) is 0 Å². The van der Waals surface area contributed by atoms with Crippen molar-refractivity contribution in [2.45, 2.75) is 0 Å². The Balaban J connectivity index is 3.60. The van der Waals surface area contributed by atoms with Gasteiger partial charge in [-0.1, -0.05) is 15.9 Å². The highest BCUT2D eigenvalue weighted by Gasteiger charge is 2.28. The first-order valence-electron chi connectivity index (χ1n) is 3.52. The van der Waals surface area contributed by atoms with Crippen molar-refractivity contribution in [3.05, 3.63) is 34.6 Å². The lowest BCUT2D eigenvalue weighted by Gasteiger charge is -2.05. The Hall–Kier alpha value is -0.980. The fourth-order valence-electron chi connectivity index (χ4n) is 0.917. The molecular formula is C8H2BrF5O. The molecule has 0 aliphatic carbocycles. The molecule has 0 saturated heterocycles. The Morgan fingerprint density at radius 2 is 1.20 bits per heavy atom. The van der Waals surface area contributed by atoms with Crippen molar-refractivity contribution < 1.29 is 26.7 Å². The number of carbonyl (C=O) groups excluding carboxylic acids is 1. The monoisotopic (exact) mass is 288 g/mol. The van der Waals surface area contributed by atoms with Crippen LogP contribution < -0.4 is 0 Å². The quantitative estimate of drug-likeness (QED) is 0.269. The average molecular weight is 289 g/mol. The van der Waals surface area contributed by atoms with Crippen LogP contribution in [0.3, 0.4) is 0 Å². The minimum absolute atomic E-state index is 0.536. The van der Waals surface area contributed by atoms with Gasteiger partial charge in [0, 0.05) is 0 Å². The second-order valence-corrected chi connectivity index (χ2v) is 3.06. The van der Waals surface area contributed by atoms with Crippen LogP contribution >= 0.6 is 15.9 Å². The van der Waals surface area contributed by atoms with Crippen molar-refractivity contribution in [1.82, 2.24) is 0 Å². The van der Waals surface area contributed by atoms with Crippen LogP contribution in [0.1, 0.15) is 10.4 Å². The van der Waals surface area contributed by atoms with E-state index in [9.17, 15) is 26.7 Å². The van der Waals surface area contributed by atoms with Crippen molar-refractivity contribution in [2.75, 3.05) is 5.33 Å². The van der Waals surface area contributed by atoms with E-state index >= 15 is 0 Å². The van der Waals surface area contributed by atoms with E-state index in [1.54, 1.807) is 0 Å². The maximum absolute atomic E-state index is 12.9. The predicted octanol–water partition coefficient (Wildman–Crippen LogP) is 2.96. The van der Waals surface area contributed by atoms with Gasteiger partial charge in [0.1, 0.15) is 0 Å². The molecule has 82 valence electrons. The zero-order chi connectivity index (χ0) is 11.7. The lowest BCUT2D eigenvalue weighted by atomic mass is 10.1. The number of hydrogen-bond donors (Lipinski definition) is 0. The number of halogens is 6. The van der Waals surface area contributed by atoms with E-state index in [2.05, 4.69) is 15.9 Å². The van der Waals surface area contributed by atoms with Crippen LogP contribution in [0.25, 0.3) is 0 Å². The zero-order valence-electron chi connectivity index (χ0n) is 6.88. The van der Waals surface area contributed by atoms with E-state index in [0.717, 1.165) is 0 Å². The minimum atomic E-state index is -2.28. The molecule has 0 amide bonds. The first-order chi connectivity index (χ1) is 6.91. The van der Waals surface area contributed by atoms with Crippen molar-refractivity contribution in [1.29, 1.82) is 0 Å². The molecule has 1 rings (SSSR count). The molecule has 0 aliphatic rings. The second kappa shape index (κ2) is 4.26. The van der Waals surface area contributed by atoms with Crippen LogP contribution in [0.2, 0.25) is 0 Å². The van der Waals surface area contributed by atoms with E-state index in [-0.39, 0.29) is 0 Å². The van der Waals surface area contributed by atoms with E-state index < -0.39 is 45.8 Å². The third kappa shape index (κ3) is 1.88. The summed E-state index contributed by atoms with van der Waals surface area (Å²) in [6, 6.07) is 0. The molecule has 15 heavy (non-hydrogen) atoms. The van der Waals surface area contributed by atoms with E-state index in [4.69, 9.17) is 0 Å². The van der Waals surface area contributed by atoms with Crippen LogP contribution in [0.5, 0.6) is 0 Å². The molecule has 0 bridgehead atoms. The molecular weight excluding hydrogens is 287 g/mol. The molecule has 7 heteroatoms. The molecule has 0 aromatic heterocycles. The fourth-order valence-corrected chi connectivity index (χ4v) is 1.20. The fraction of sp³-hybridized carbons (Fsp3) is 0.125. The summed E-state index contributed by atoms with van der Waals surface area (Å²) in [5, 5.41) is -0.536. The molecule has 0 unspecified atom stereocenters. The Morgan fingerprint density at radius 3 is 1.53 bits per heavy atom. The predicted molar refractivity (Wildman–Crippen MR) is 44.4 cm³/mol. The van der Waals surface area contributed by atoms with E-state index in [1.807, 2.05) is 0 Å². The van der Waals surface area contributed by atoms with Gasteiger partial charge in [0.2, 0.25) is 5.82 Å². The Morgan fingerprint density at radius 1 is 0.867 bits per heavy atom. The van der Waals surface area contributed by atoms with Gasteiger partial charge in [-0.2, -0.15) is 0 Å². The van der Waals surface area contributed by atoms with Crippen LogP contribution in [-0.2, 0) is 0 Å². The Labute approximate surface area is 89.0 Å². The highest BCUT2D eigenvalue weighted by atomic mass is 79.9. The van der Waals surface area contributed by atoms with Crippen molar-refractivity contribution in [3.63, 3.8) is 0 Å². The third-order valence-electron chi connectivity index (χ3n) is 1.61. The number of alkyl halides is 1. The Bertz CT molecular complexity index is 403. The highest BCUT2D eigenvalue weighted by Crippen LogP contribution is 2.23. The van der Waals surface area contributed by atoms with Gasteiger partial charge < -0.3 is 0 Å². The molecule has 1 aromatic carbocycles. The van der Waals surface area contributed by atoms with Crippen molar-refractivity contribution >= 4 is 21.7 Å². The van der Waals surface area contributed by atoms with Crippen molar-refractivity contribution in [3.8, 4) is 0 Å². The van der Waals surface area contributed by atoms with Gasteiger partial charge in [-0.3, -0.25) is 4.79 Å². The largest absolute Gasteiger partial charge is 0.293 e. The van der Waals surface area contributed by atoms with Gasteiger partial charge in [0.05, 0.1) is 10.9 Å². The summed E-state index contributed by atoms with van der Waals surface area (Å²) in [6.45, 7) is 0. The number of ketones is 1. The summed E-state index contributed by atoms with van der Waals surface area (Å²) < 4.78 is 63.4. The normalized spacial score (nSPS) is 10.5. The standard InChI is InChI=1S/C8H2BrF5O/c9-1-2(15)3-4(10)6(12)8(14)7(13)5(3)11/h1H2. The summed E-state index contributed by atoms with van der Waals surface area (Å²) in [5.74, 6) is -12.0. The SMILES string of the molecule is O=C(CBr)c1c(F)c(F)c(F)c(F)c1F. The minimum Gasteiger partial charge on any atom is -0.293 e. The van der Waals surface area contributed by atoms with Crippen LogP contribution in [0.4, 0.5) is 22.0 Å². The number of rotatable bonds is 2. The van der Waals surface area contributed by atoms with Gasteiger partial charge in [-0.25, -0.2) is 22.0 Å². The lowest BCUT2D eigenvalue weighted by molar-refractivity contribution is 0.101. The molecule has 0 heterocycles.